The van der Waals surface area contributed by atoms with Gasteiger partial charge in [-0.1, -0.05) is 0 Å². The van der Waals surface area contributed by atoms with Gasteiger partial charge < -0.3 is 20.0 Å². The minimum absolute atomic E-state index is 0.110. The molecule has 1 rings (SSSR count). The average Bonchev–Trinajstić information content (AvgIpc) is 2.46. The lowest BCUT2D eigenvalue weighted by Crippen LogP contribution is -2.53. The third kappa shape index (κ3) is 6.71. The van der Waals surface area contributed by atoms with Crippen molar-refractivity contribution in [2.75, 3.05) is 62.4 Å². The van der Waals surface area contributed by atoms with E-state index < -0.39 is 67.7 Å². The second-order valence-electron chi connectivity index (χ2n) is 5.39. The van der Waals surface area contributed by atoms with Crippen LogP contribution in [0, 0.1) is 0 Å². The van der Waals surface area contributed by atoms with E-state index in [0.29, 0.717) is 0 Å². The number of piperazine rings is 1. The molecule has 0 bridgehead atoms. The third-order valence-corrected chi connectivity index (χ3v) is 6.46. The van der Waals surface area contributed by atoms with Crippen LogP contribution in [0.1, 0.15) is 0 Å². The average molecular weight is 386 g/mol. The molecular weight excluding hydrogens is 364 g/mol. The Morgan fingerprint density at radius 1 is 0.708 bits per heavy atom. The maximum absolute atomic E-state index is 11.9. The van der Waals surface area contributed by atoms with Crippen molar-refractivity contribution in [3.05, 3.63) is 0 Å². The smallest absolute Gasteiger partial charge is 0.237 e. The van der Waals surface area contributed by atoms with Gasteiger partial charge in [-0.25, -0.2) is 16.8 Å². The van der Waals surface area contributed by atoms with Crippen LogP contribution >= 0.6 is 0 Å². The second kappa shape index (κ2) is 8.74. The van der Waals surface area contributed by atoms with E-state index in [4.69, 9.17) is 10.2 Å². The number of carbonyl (C=O) groups excluding carboxylic acids is 2. The number of carbonyl (C=O) groups is 2. The topological polar surface area (TPSA) is 149 Å². The molecule has 24 heavy (non-hydrogen) atoms. The molecule has 0 unspecified atom stereocenters. The van der Waals surface area contributed by atoms with Crippen LogP contribution < -0.4 is 0 Å². The molecule has 140 valence electrons. The Morgan fingerprint density at radius 2 is 1.00 bits per heavy atom. The number of aliphatic hydroxyl groups is 2. The van der Waals surface area contributed by atoms with Gasteiger partial charge in [-0.2, -0.15) is 0 Å². The molecule has 1 heterocycles. The molecule has 0 aromatic heterocycles. The van der Waals surface area contributed by atoms with Crippen LogP contribution in [0.15, 0.2) is 0 Å². The van der Waals surface area contributed by atoms with Gasteiger partial charge in [0.15, 0.2) is 19.7 Å². The van der Waals surface area contributed by atoms with Gasteiger partial charge in [0, 0.05) is 26.2 Å². The fraction of sp³-hybridized carbons (Fsp3) is 0.833. The molecule has 12 heteroatoms. The molecule has 0 radical (unpaired) electrons. The number of amides is 2. The van der Waals surface area contributed by atoms with E-state index in [1.807, 2.05) is 0 Å². The number of rotatable bonds is 8. The first kappa shape index (κ1) is 20.8. The summed E-state index contributed by atoms with van der Waals surface area (Å²) in [5.74, 6) is -3.59. The van der Waals surface area contributed by atoms with Crippen LogP contribution in [0.2, 0.25) is 0 Å². The Hall–Kier alpha value is -1.24. The van der Waals surface area contributed by atoms with Gasteiger partial charge in [0.1, 0.15) is 11.5 Å². The van der Waals surface area contributed by atoms with E-state index in [0.717, 1.165) is 0 Å². The molecule has 10 nitrogen and oxygen atoms in total. The molecule has 0 aromatic carbocycles. The summed E-state index contributed by atoms with van der Waals surface area (Å²) < 4.78 is 46.1. The number of hydrogen-bond acceptors (Lipinski definition) is 8. The van der Waals surface area contributed by atoms with Crippen molar-refractivity contribution in [3.63, 3.8) is 0 Å². The van der Waals surface area contributed by atoms with Crippen LogP contribution in [0.4, 0.5) is 0 Å². The quantitative estimate of drug-likeness (QED) is 0.436. The van der Waals surface area contributed by atoms with Crippen LogP contribution in [-0.2, 0) is 29.3 Å². The summed E-state index contributed by atoms with van der Waals surface area (Å²) in [6.07, 6.45) is 0. The number of hydrogen-bond donors (Lipinski definition) is 2. The summed E-state index contributed by atoms with van der Waals surface area (Å²) in [5.41, 5.74) is 0. The normalized spacial score (nSPS) is 16.2. The summed E-state index contributed by atoms with van der Waals surface area (Å²) in [5, 5.41) is 17.3. The highest BCUT2D eigenvalue weighted by Crippen LogP contribution is 2.06. The standard InChI is InChI=1S/C12H22N2O8S2/c15-5-7-23(19,20)9-11(17)13-1-2-14(4-3-13)12(18)10-24(21,22)8-6-16/h15-16H,1-10H2. The van der Waals surface area contributed by atoms with Gasteiger partial charge in [-0.05, 0) is 0 Å². The third-order valence-electron chi connectivity index (χ3n) is 3.48. The molecule has 1 aliphatic heterocycles. The fourth-order valence-corrected chi connectivity index (χ4v) is 4.15. The van der Waals surface area contributed by atoms with E-state index in [1.165, 1.54) is 9.80 Å². The summed E-state index contributed by atoms with van der Waals surface area (Å²) in [4.78, 5) is 26.4. The van der Waals surface area contributed by atoms with Crippen LogP contribution in [0.5, 0.6) is 0 Å². The van der Waals surface area contributed by atoms with Gasteiger partial charge in [-0.15, -0.1) is 0 Å². The van der Waals surface area contributed by atoms with Gasteiger partial charge >= 0.3 is 0 Å². The maximum atomic E-state index is 11.9. The largest absolute Gasteiger partial charge is 0.395 e. The molecule has 2 amide bonds. The molecule has 1 fully saturated rings. The Bertz CT molecular complexity index is 593. The Kier molecular flexibility index (Phi) is 7.57. The highest BCUT2D eigenvalue weighted by atomic mass is 32.2. The molecule has 0 atom stereocenters. The number of aliphatic hydroxyl groups excluding tert-OH is 2. The highest BCUT2D eigenvalue weighted by Gasteiger charge is 2.28. The minimum atomic E-state index is -3.67. The van der Waals surface area contributed by atoms with E-state index in [1.54, 1.807) is 0 Å². The van der Waals surface area contributed by atoms with Crippen molar-refractivity contribution in [1.82, 2.24) is 9.80 Å². The van der Waals surface area contributed by atoms with E-state index in [-0.39, 0.29) is 26.2 Å². The van der Waals surface area contributed by atoms with Crippen LogP contribution in [-0.4, -0.2) is 111 Å². The second-order valence-corrected chi connectivity index (χ2v) is 9.76. The van der Waals surface area contributed by atoms with Crippen molar-refractivity contribution in [2.24, 2.45) is 0 Å². The zero-order valence-corrected chi connectivity index (χ0v) is 14.8. The zero-order chi connectivity index (χ0) is 18.4. The molecule has 2 N–H and O–H groups in total. The van der Waals surface area contributed by atoms with E-state index in [2.05, 4.69) is 0 Å². The van der Waals surface area contributed by atoms with Crippen molar-refractivity contribution in [2.45, 2.75) is 0 Å². The fourth-order valence-electron chi connectivity index (χ4n) is 2.19. The van der Waals surface area contributed by atoms with Crippen LogP contribution in [0.3, 0.4) is 0 Å². The summed E-state index contributed by atoms with van der Waals surface area (Å²) >= 11 is 0. The molecule has 0 aliphatic carbocycles. The van der Waals surface area contributed by atoms with Gasteiger partial charge in [0.2, 0.25) is 11.8 Å². The van der Waals surface area contributed by atoms with Gasteiger partial charge in [-0.3, -0.25) is 9.59 Å². The summed E-state index contributed by atoms with van der Waals surface area (Å²) in [7, 11) is -7.33. The Labute approximate surface area is 140 Å². The molecule has 1 aliphatic rings. The lowest BCUT2D eigenvalue weighted by atomic mass is 10.3. The minimum Gasteiger partial charge on any atom is -0.395 e. The highest BCUT2D eigenvalue weighted by molar-refractivity contribution is 7.92. The summed E-state index contributed by atoms with van der Waals surface area (Å²) in [6, 6.07) is 0. The van der Waals surface area contributed by atoms with Crippen molar-refractivity contribution < 1.29 is 36.6 Å². The van der Waals surface area contributed by atoms with Gasteiger partial charge in [0.05, 0.1) is 24.7 Å². The molecule has 0 aromatic rings. The number of nitrogens with zero attached hydrogens (tertiary/aromatic N) is 2. The Morgan fingerprint density at radius 3 is 1.25 bits per heavy atom. The maximum Gasteiger partial charge on any atom is 0.237 e. The lowest BCUT2D eigenvalue weighted by Gasteiger charge is -2.34. The van der Waals surface area contributed by atoms with Crippen molar-refractivity contribution in [3.8, 4) is 0 Å². The molecule has 0 spiro atoms. The van der Waals surface area contributed by atoms with E-state index >= 15 is 0 Å². The molecule has 0 saturated carbocycles. The van der Waals surface area contributed by atoms with Gasteiger partial charge in [0.25, 0.3) is 0 Å². The first-order valence-electron chi connectivity index (χ1n) is 7.28. The predicted octanol–water partition coefficient (Wildman–Crippen LogP) is -3.53. The monoisotopic (exact) mass is 386 g/mol. The predicted molar refractivity (Wildman–Crippen MR) is 84.6 cm³/mol. The molecule has 1 saturated heterocycles. The van der Waals surface area contributed by atoms with Crippen molar-refractivity contribution in [1.29, 1.82) is 0 Å². The lowest BCUT2D eigenvalue weighted by molar-refractivity contribution is -0.136. The first-order valence-corrected chi connectivity index (χ1v) is 10.9. The zero-order valence-electron chi connectivity index (χ0n) is 13.1. The Balaban J connectivity index is 2.52. The molecular formula is C12H22N2O8S2. The van der Waals surface area contributed by atoms with Crippen LogP contribution in [0.25, 0.3) is 0 Å². The number of sulfone groups is 2. The SMILES string of the molecule is O=C(CS(=O)(=O)CCO)N1CCN(C(=O)CS(=O)(=O)CCO)CC1. The summed E-state index contributed by atoms with van der Waals surface area (Å²) in [6.45, 7) is -0.669. The van der Waals surface area contributed by atoms with E-state index in [9.17, 15) is 26.4 Å². The first-order chi connectivity index (χ1) is 11.1. The van der Waals surface area contributed by atoms with Crippen molar-refractivity contribution >= 4 is 31.5 Å².